The highest BCUT2D eigenvalue weighted by Crippen LogP contribution is 2.23. The first kappa shape index (κ1) is 18.6. The highest BCUT2D eigenvalue weighted by Gasteiger charge is 2.22. The van der Waals surface area contributed by atoms with E-state index in [-0.39, 0.29) is 11.7 Å². The van der Waals surface area contributed by atoms with Gasteiger partial charge in [-0.3, -0.25) is 9.78 Å². The molecule has 28 heavy (non-hydrogen) atoms. The van der Waals surface area contributed by atoms with Crippen molar-refractivity contribution in [2.24, 2.45) is 0 Å². The Bertz CT molecular complexity index is 938. The highest BCUT2D eigenvalue weighted by molar-refractivity contribution is 7.09. The first-order chi connectivity index (χ1) is 13.7. The average Bonchev–Trinajstić information content (AvgIpc) is 3.22. The number of thiazole rings is 1. The molecule has 5 nitrogen and oxygen atoms in total. The van der Waals surface area contributed by atoms with E-state index in [9.17, 15) is 9.18 Å². The quantitative estimate of drug-likeness (QED) is 0.661. The number of aromatic nitrogens is 2. The molecular formula is C21H21FN4OS. The lowest BCUT2D eigenvalue weighted by Crippen LogP contribution is -2.49. The Kier molecular flexibility index (Phi) is 5.62. The summed E-state index contributed by atoms with van der Waals surface area (Å²) in [6.07, 6.45) is 4.59. The summed E-state index contributed by atoms with van der Waals surface area (Å²) in [5.74, 6) is -0.0788. The summed E-state index contributed by atoms with van der Waals surface area (Å²) < 4.78 is 13.9. The SMILES string of the molecule is O=C(CCc1nc(-c2ccncc2)cs1)N1CCN(c2ccccc2F)CC1. The molecule has 1 amide bonds. The van der Waals surface area contributed by atoms with E-state index in [1.54, 1.807) is 35.9 Å². The summed E-state index contributed by atoms with van der Waals surface area (Å²) >= 11 is 1.58. The lowest BCUT2D eigenvalue weighted by atomic mass is 10.2. The number of para-hydroxylation sites is 1. The maximum absolute atomic E-state index is 13.9. The summed E-state index contributed by atoms with van der Waals surface area (Å²) in [6, 6.07) is 10.6. The van der Waals surface area contributed by atoms with Crippen LogP contribution in [0.3, 0.4) is 0 Å². The maximum Gasteiger partial charge on any atom is 0.223 e. The van der Waals surface area contributed by atoms with Crippen molar-refractivity contribution in [3.05, 3.63) is 65.0 Å². The molecule has 2 aromatic heterocycles. The summed E-state index contributed by atoms with van der Waals surface area (Å²) in [5.41, 5.74) is 2.57. The molecule has 0 spiro atoms. The number of hydrogen-bond donors (Lipinski definition) is 0. The number of halogens is 1. The van der Waals surface area contributed by atoms with Crippen LogP contribution in [0.5, 0.6) is 0 Å². The first-order valence-electron chi connectivity index (χ1n) is 9.33. The van der Waals surface area contributed by atoms with E-state index in [2.05, 4.69) is 9.97 Å². The molecule has 0 N–H and O–H groups in total. The number of aryl methyl sites for hydroxylation is 1. The third-order valence-corrected chi connectivity index (χ3v) is 5.81. The van der Waals surface area contributed by atoms with Crippen LogP contribution in [-0.2, 0) is 11.2 Å². The Morgan fingerprint density at radius 1 is 1.07 bits per heavy atom. The van der Waals surface area contributed by atoms with Gasteiger partial charge in [0.05, 0.1) is 16.4 Å². The Balaban J connectivity index is 1.28. The molecule has 0 aliphatic carbocycles. The van der Waals surface area contributed by atoms with E-state index in [0.717, 1.165) is 16.3 Å². The third kappa shape index (κ3) is 4.20. The van der Waals surface area contributed by atoms with Crippen molar-refractivity contribution in [3.63, 3.8) is 0 Å². The van der Waals surface area contributed by atoms with Crippen molar-refractivity contribution < 1.29 is 9.18 Å². The second-order valence-electron chi connectivity index (χ2n) is 6.68. The smallest absolute Gasteiger partial charge is 0.223 e. The number of benzene rings is 1. The molecule has 4 rings (SSSR count). The molecular weight excluding hydrogens is 375 g/mol. The molecule has 7 heteroatoms. The van der Waals surface area contributed by atoms with Crippen molar-refractivity contribution in [1.82, 2.24) is 14.9 Å². The Labute approximate surface area is 167 Å². The average molecular weight is 396 g/mol. The second kappa shape index (κ2) is 8.48. The maximum atomic E-state index is 13.9. The van der Waals surface area contributed by atoms with Gasteiger partial charge in [0, 0.05) is 62.4 Å². The van der Waals surface area contributed by atoms with E-state index in [1.807, 2.05) is 33.4 Å². The molecule has 0 bridgehead atoms. The standard InChI is InChI=1S/C21H21FN4OS/c22-17-3-1-2-4-19(17)25-11-13-26(14-12-25)21(27)6-5-20-24-18(15-28-20)16-7-9-23-10-8-16/h1-4,7-10,15H,5-6,11-14H2. The molecule has 0 radical (unpaired) electrons. The molecule has 0 atom stereocenters. The Morgan fingerprint density at radius 2 is 1.82 bits per heavy atom. The molecule has 1 aliphatic rings. The van der Waals surface area contributed by atoms with Crippen LogP contribution >= 0.6 is 11.3 Å². The van der Waals surface area contributed by atoms with Crippen LogP contribution < -0.4 is 4.90 Å². The minimum atomic E-state index is -0.212. The fourth-order valence-corrected chi connectivity index (χ4v) is 4.17. The fraction of sp³-hybridized carbons (Fsp3) is 0.286. The number of amides is 1. The molecule has 3 heterocycles. The van der Waals surface area contributed by atoms with Gasteiger partial charge in [0.15, 0.2) is 0 Å². The van der Waals surface area contributed by atoms with Crippen molar-refractivity contribution in [1.29, 1.82) is 0 Å². The van der Waals surface area contributed by atoms with E-state index in [0.29, 0.717) is 44.7 Å². The monoisotopic (exact) mass is 396 g/mol. The van der Waals surface area contributed by atoms with E-state index < -0.39 is 0 Å². The predicted molar refractivity (Wildman–Crippen MR) is 109 cm³/mol. The minimum Gasteiger partial charge on any atom is -0.366 e. The van der Waals surface area contributed by atoms with Gasteiger partial charge >= 0.3 is 0 Å². The van der Waals surface area contributed by atoms with Gasteiger partial charge in [0.1, 0.15) is 5.82 Å². The zero-order chi connectivity index (χ0) is 19.3. The zero-order valence-electron chi connectivity index (χ0n) is 15.4. The van der Waals surface area contributed by atoms with Gasteiger partial charge in [-0.15, -0.1) is 11.3 Å². The molecule has 1 aromatic carbocycles. The fourth-order valence-electron chi connectivity index (χ4n) is 3.36. The first-order valence-corrected chi connectivity index (χ1v) is 10.2. The Hall–Kier alpha value is -2.80. The predicted octanol–water partition coefficient (Wildman–Crippen LogP) is 3.63. The van der Waals surface area contributed by atoms with Crippen LogP contribution in [0.15, 0.2) is 54.2 Å². The van der Waals surface area contributed by atoms with Crippen LogP contribution in [0.25, 0.3) is 11.3 Å². The number of hydrogen-bond acceptors (Lipinski definition) is 5. The highest BCUT2D eigenvalue weighted by atomic mass is 32.1. The lowest BCUT2D eigenvalue weighted by Gasteiger charge is -2.36. The molecule has 1 aliphatic heterocycles. The molecule has 144 valence electrons. The summed E-state index contributed by atoms with van der Waals surface area (Å²) in [5, 5.41) is 2.98. The Morgan fingerprint density at radius 3 is 2.57 bits per heavy atom. The van der Waals surface area contributed by atoms with Crippen LogP contribution in [0, 0.1) is 5.82 Å². The van der Waals surface area contributed by atoms with Crippen LogP contribution in [-0.4, -0.2) is 47.0 Å². The van der Waals surface area contributed by atoms with Gasteiger partial charge in [-0.1, -0.05) is 12.1 Å². The number of rotatable bonds is 5. The molecule has 0 unspecified atom stereocenters. The lowest BCUT2D eigenvalue weighted by molar-refractivity contribution is -0.131. The van der Waals surface area contributed by atoms with Gasteiger partial charge in [-0.2, -0.15) is 0 Å². The van der Waals surface area contributed by atoms with E-state index in [1.165, 1.54) is 6.07 Å². The number of piperazine rings is 1. The second-order valence-corrected chi connectivity index (χ2v) is 7.62. The van der Waals surface area contributed by atoms with Crippen molar-refractivity contribution in [3.8, 4) is 11.3 Å². The molecule has 0 saturated carbocycles. The van der Waals surface area contributed by atoms with Crippen LogP contribution in [0.1, 0.15) is 11.4 Å². The summed E-state index contributed by atoms with van der Waals surface area (Å²) in [4.78, 5) is 25.1. The number of pyridine rings is 1. The van der Waals surface area contributed by atoms with E-state index in [4.69, 9.17) is 0 Å². The summed E-state index contributed by atoms with van der Waals surface area (Å²) in [7, 11) is 0. The largest absolute Gasteiger partial charge is 0.366 e. The van der Waals surface area contributed by atoms with Gasteiger partial charge in [-0.25, -0.2) is 9.37 Å². The van der Waals surface area contributed by atoms with Gasteiger partial charge in [0.25, 0.3) is 0 Å². The molecule has 1 saturated heterocycles. The summed E-state index contributed by atoms with van der Waals surface area (Å²) in [6.45, 7) is 2.53. The van der Waals surface area contributed by atoms with Crippen molar-refractivity contribution in [2.75, 3.05) is 31.1 Å². The van der Waals surface area contributed by atoms with E-state index >= 15 is 0 Å². The zero-order valence-corrected chi connectivity index (χ0v) is 16.2. The van der Waals surface area contributed by atoms with Gasteiger partial charge in [0.2, 0.25) is 5.91 Å². The normalized spacial score (nSPS) is 14.3. The van der Waals surface area contributed by atoms with Gasteiger partial charge < -0.3 is 9.80 Å². The van der Waals surface area contributed by atoms with Crippen LogP contribution in [0.4, 0.5) is 10.1 Å². The number of carbonyl (C=O) groups excluding carboxylic acids is 1. The number of anilines is 1. The number of carbonyl (C=O) groups is 1. The topological polar surface area (TPSA) is 49.3 Å². The number of nitrogens with zero attached hydrogens (tertiary/aromatic N) is 4. The molecule has 3 aromatic rings. The molecule has 1 fully saturated rings. The van der Waals surface area contributed by atoms with Crippen molar-refractivity contribution in [2.45, 2.75) is 12.8 Å². The third-order valence-electron chi connectivity index (χ3n) is 4.91. The van der Waals surface area contributed by atoms with Gasteiger partial charge in [-0.05, 0) is 24.3 Å². The van der Waals surface area contributed by atoms with Crippen molar-refractivity contribution >= 4 is 22.9 Å². The van der Waals surface area contributed by atoms with Crippen LogP contribution in [0.2, 0.25) is 0 Å². The minimum absolute atomic E-state index is 0.133.